The first-order valence-electron chi connectivity index (χ1n) is 3.56. The molecule has 0 rings (SSSR count). The zero-order valence-corrected chi connectivity index (χ0v) is 10.3. The highest BCUT2D eigenvalue weighted by atomic mass is 32.3. The van der Waals surface area contributed by atoms with Gasteiger partial charge in [0.05, 0.1) is 0 Å². The topological polar surface area (TPSA) is 107 Å². The van der Waals surface area contributed by atoms with Gasteiger partial charge >= 0.3 is 31.3 Å². The van der Waals surface area contributed by atoms with Gasteiger partial charge in [0.2, 0.25) is 0 Å². The maximum Gasteiger partial charge on any atom is 0.524 e. The van der Waals surface area contributed by atoms with Crippen LogP contribution < -0.4 is 0 Å². The van der Waals surface area contributed by atoms with Crippen LogP contribution in [0.2, 0.25) is 0 Å². The molecule has 7 nitrogen and oxygen atoms in total. The molecule has 0 aliphatic heterocycles. The first kappa shape index (κ1) is 20.7. The number of aliphatic hydroxyl groups is 1. The summed E-state index contributed by atoms with van der Waals surface area (Å²) in [6.07, 6.45) is 0. The summed E-state index contributed by atoms with van der Waals surface area (Å²) in [6.45, 7) is -0.181. The average molecular weight is 344 g/mol. The minimum Gasteiger partial charge on any atom is -0.371 e. The average Bonchev–Trinajstić information content (AvgIpc) is 2.13. The molecule has 0 aromatic heterocycles. The van der Waals surface area contributed by atoms with Crippen molar-refractivity contribution in [3.8, 4) is 0 Å². The summed E-state index contributed by atoms with van der Waals surface area (Å²) in [5, 5.41) is 7.65. The van der Waals surface area contributed by atoms with Crippen molar-refractivity contribution in [3.05, 3.63) is 0 Å². The van der Waals surface area contributed by atoms with Crippen molar-refractivity contribution >= 4 is 20.2 Å². The van der Waals surface area contributed by atoms with Crippen molar-refractivity contribution in [3.63, 3.8) is 0 Å². The first-order chi connectivity index (χ1) is 8.12. The molecule has 19 heavy (non-hydrogen) atoms. The lowest BCUT2D eigenvalue weighted by Crippen LogP contribution is -2.34. The van der Waals surface area contributed by atoms with Crippen molar-refractivity contribution in [2.75, 3.05) is 13.9 Å². The van der Waals surface area contributed by atoms with E-state index in [4.69, 9.17) is 5.11 Å². The smallest absolute Gasteiger partial charge is 0.371 e. The van der Waals surface area contributed by atoms with E-state index >= 15 is 0 Å². The van der Waals surface area contributed by atoms with E-state index in [9.17, 15) is 43.2 Å². The minimum atomic E-state index is -6.85. The molecule has 1 N–H and O–H groups in total. The molecule has 0 amide bonds. The fourth-order valence-electron chi connectivity index (χ4n) is 0.195. The molecule has 0 spiro atoms. The Kier molecular flexibility index (Phi) is 7.28. The van der Waals surface area contributed by atoms with Crippen molar-refractivity contribution in [2.45, 2.75) is 11.0 Å². The highest BCUT2D eigenvalue weighted by molar-refractivity contribution is 8.00. The van der Waals surface area contributed by atoms with Gasteiger partial charge in [-0.2, -0.15) is 43.2 Å². The molecule has 0 radical (unpaired) electrons. The van der Waals surface area contributed by atoms with E-state index in [0.29, 0.717) is 0 Å². The van der Waals surface area contributed by atoms with Gasteiger partial charge in [0.25, 0.3) is 0 Å². The van der Waals surface area contributed by atoms with E-state index < -0.39 is 31.3 Å². The quantitative estimate of drug-likeness (QED) is 0.445. The van der Waals surface area contributed by atoms with E-state index in [1.54, 1.807) is 0 Å². The van der Waals surface area contributed by atoms with Crippen molar-refractivity contribution in [1.82, 2.24) is 0 Å². The number of methoxy groups -OCH3 is 1. The number of rotatable bonds is 3. The summed E-state index contributed by atoms with van der Waals surface area (Å²) in [5.74, 6) is 0. The first-order valence-corrected chi connectivity index (χ1v) is 6.37. The lowest BCUT2D eigenvalue weighted by atomic mass is 11.4. The third kappa shape index (κ3) is 6.90. The second-order valence-electron chi connectivity index (χ2n) is 2.29. The van der Waals surface area contributed by atoms with Crippen LogP contribution in [0.15, 0.2) is 0 Å². The molecule has 0 saturated carbocycles. The zero-order valence-electron chi connectivity index (χ0n) is 8.69. The molecular weight excluding hydrogens is 338 g/mol. The van der Waals surface area contributed by atoms with E-state index in [2.05, 4.69) is 4.74 Å². The normalized spacial score (nSPS) is 13.7. The molecule has 0 unspecified atom stereocenters. The van der Waals surface area contributed by atoms with Gasteiger partial charge in [-0.05, 0) is 0 Å². The Labute approximate surface area is 103 Å². The van der Waals surface area contributed by atoms with Gasteiger partial charge in [-0.15, -0.1) is 3.63 Å². The van der Waals surface area contributed by atoms with E-state index in [0.717, 1.165) is 0 Å². The van der Waals surface area contributed by atoms with Gasteiger partial charge in [0.15, 0.2) is 0 Å². The van der Waals surface area contributed by atoms with Crippen molar-refractivity contribution < 1.29 is 56.7 Å². The standard InChI is InChI=1S/C2F6O5S2.C2H6O2/c3-1(4,5)14(9,10)13-15(11,12)2(6,7)8;1-4-2-3/h;3H,2H2,1H3. The van der Waals surface area contributed by atoms with Gasteiger partial charge in [-0.1, -0.05) is 0 Å². The molecule has 0 aromatic rings. The summed E-state index contributed by atoms with van der Waals surface area (Å²) in [7, 11) is -12.3. The summed E-state index contributed by atoms with van der Waals surface area (Å²) in [4.78, 5) is 0. The Morgan fingerprint density at radius 3 is 1.21 bits per heavy atom. The summed E-state index contributed by atoms with van der Waals surface area (Å²) < 4.78 is 114. The predicted octanol–water partition coefficient (Wildman–Crippen LogP) is 0.285. The second-order valence-corrected chi connectivity index (χ2v) is 5.57. The molecule has 0 aromatic carbocycles. The van der Waals surface area contributed by atoms with E-state index in [-0.39, 0.29) is 6.79 Å². The van der Waals surface area contributed by atoms with E-state index in [1.165, 1.54) is 7.11 Å². The largest absolute Gasteiger partial charge is 0.524 e. The molecule has 0 fully saturated rings. The van der Waals surface area contributed by atoms with Crippen LogP contribution in [0, 0.1) is 0 Å². The maximum atomic E-state index is 11.4. The molecule has 0 aliphatic carbocycles. The van der Waals surface area contributed by atoms with Crippen LogP contribution in [0.3, 0.4) is 0 Å². The van der Waals surface area contributed by atoms with Crippen LogP contribution in [0.4, 0.5) is 26.3 Å². The van der Waals surface area contributed by atoms with Crippen LogP contribution in [0.5, 0.6) is 0 Å². The highest BCUT2D eigenvalue weighted by Crippen LogP contribution is 2.31. The third-order valence-corrected chi connectivity index (χ3v) is 3.44. The molecular formula is C4H6F6O7S2. The van der Waals surface area contributed by atoms with Crippen LogP contribution in [0.25, 0.3) is 0 Å². The van der Waals surface area contributed by atoms with Crippen LogP contribution >= 0.6 is 0 Å². The molecule has 0 aliphatic rings. The number of alkyl halides is 6. The van der Waals surface area contributed by atoms with E-state index in [1.807, 2.05) is 3.63 Å². The van der Waals surface area contributed by atoms with Crippen molar-refractivity contribution in [1.29, 1.82) is 0 Å². The Balaban J connectivity index is 0. The maximum absolute atomic E-state index is 11.4. The minimum absolute atomic E-state index is 0.181. The van der Waals surface area contributed by atoms with Gasteiger partial charge < -0.3 is 9.84 Å². The second kappa shape index (κ2) is 6.69. The lowest BCUT2D eigenvalue weighted by Gasteiger charge is -2.09. The molecule has 15 heteroatoms. The van der Waals surface area contributed by atoms with Gasteiger partial charge in [0.1, 0.15) is 6.79 Å². The highest BCUT2D eigenvalue weighted by Gasteiger charge is 2.57. The van der Waals surface area contributed by atoms with Crippen LogP contribution in [0.1, 0.15) is 0 Å². The molecule has 0 atom stereocenters. The number of aliphatic hydroxyl groups excluding tert-OH is 1. The fourth-order valence-corrected chi connectivity index (χ4v) is 1.76. The fraction of sp³-hybridized carbons (Fsp3) is 1.00. The van der Waals surface area contributed by atoms with Gasteiger partial charge in [-0.25, -0.2) is 0 Å². The molecule has 0 heterocycles. The number of hydrogen-bond donors (Lipinski definition) is 1. The molecule has 0 saturated heterocycles. The molecule has 118 valence electrons. The number of ether oxygens (including phenoxy) is 1. The Morgan fingerprint density at radius 2 is 1.11 bits per heavy atom. The van der Waals surface area contributed by atoms with Gasteiger partial charge in [0, 0.05) is 7.11 Å². The van der Waals surface area contributed by atoms with Crippen LogP contribution in [-0.4, -0.2) is 46.9 Å². The Hall–Kier alpha value is -0.640. The monoisotopic (exact) mass is 344 g/mol. The molecule has 0 bridgehead atoms. The zero-order chi connectivity index (χ0) is 16.1. The Morgan fingerprint density at radius 1 is 0.895 bits per heavy atom. The predicted molar refractivity (Wildman–Crippen MR) is 45.1 cm³/mol. The SMILES string of the molecule is COCO.O=S(=O)(OS(=O)(=O)C(F)(F)F)C(F)(F)F. The Bertz CT molecular complexity index is 415. The summed E-state index contributed by atoms with van der Waals surface area (Å²) >= 11 is 0. The van der Waals surface area contributed by atoms with Crippen LogP contribution in [-0.2, 0) is 28.6 Å². The number of halogens is 6. The third-order valence-electron chi connectivity index (χ3n) is 0.875. The van der Waals surface area contributed by atoms with Gasteiger partial charge in [-0.3, -0.25) is 0 Å². The van der Waals surface area contributed by atoms with Crippen molar-refractivity contribution in [2.24, 2.45) is 0 Å². The lowest BCUT2D eigenvalue weighted by molar-refractivity contribution is -0.0585. The number of hydrogen-bond acceptors (Lipinski definition) is 7. The summed E-state index contributed by atoms with van der Waals surface area (Å²) in [6, 6.07) is 0. The summed E-state index contributed by atoms with van der Waals surface area (Å²) in [5.41, 5.74) is -12.5.